The molecule has 1 saturated heterocycles. The van der Waals surface area contributed by atoms with E-state index in [1.165, 1.54) is 5.69 Å². The number of ether oxygens (including phenoxy) is 1. The van der Waals surface area contributed by atoms with Gasteiger partial charge in [-0.15, -0.1) is 0 Å². The molecular formula is C15H25N3O3S. The van der Waals surface area contributed by atoms with Gasteiger partial charge in [0.1, 0.15) is 0 Å². The topological polar surface area (TPSA) is 64.4 Å². The molecule has 22 heavy (non-hydrogen) atoms. The molecule has 0 spiro atoms. The summed E-state index contributed by atoms with van der Waals surface area (Å²) < 4.78 is 34.0. The summed E-state index contributed by atoms with van der Waals surface area (Å²) in [6, 6.07) is -0.112. The summed E-state index contributed by atoms with van der Waals surface area (Å²) in [6.07, 6.45) is 3.65. The van der Waals surface area contributed by atoms with E-state index in [1.54, 1.807) is 11.2 Å². The van der Waals surface area contributed by atoms with Crippen LogP contribution in [0.3, 0.4) is 0 Å². The number of aryl methyl sites for hydroxylation is 1. The van der Waals surface area contributed by atoms with E-state index < -0.39 is 10.0 Å². The fourth-order valence-electron chi connectivity index (χ4n) is 3.51. The number of sulfonamides is 1. The van der Waals surface area contributed by atoms with E-state index in [0.29, 0.717) is 13.2 Å². The van der Waals surface area contributed by atoms with Crippen LogP contribution in [0.5, 0.6) is 0 Å². The van der Waals surface area contributed by atoms with Gasteiger partial charge < -0.3 is 4.74 Å². The molecule has 2 aliphatic rings. The largest absolute Gasteiger partial charge is 0.376 e. The molecule has 7 heteroatoms. The Morgan fingerprint density at radius 1 is 1.36 bits per heavy atom. The van der Waals surface area contributed by atoms with Gasteiger partial charge in [0.05, 0.1) is 30.7 Å². The summed E-state index contributed by atoms with van der Waals surface area (Å²) in [6.45, 7) is 6.62. The molecule has 6 nitrogen and oxygen atoms in total. The van der Waals surface area contributed by atoms with Crippen molar-refractivity contribution in [3.8, 4) is 0 Å². The average molecular weight is 327 g/mol. The first-order chi connectivity index (χ1) is 10.6. The average Bonchev–Trinajstić information content (AvgIpc) is 3.13. The highest BCUT2D eigenvalue weighted by Gasteiger charge is 2.38. The molecule has 1 atom stereocenters. The van der Waals surface area contributed by atoms with Crippen LogP contribution >= 0.6 is 0 Å². The molecule has 0 N–H and O–H groups in total. The Labute approximate surface area is 132 Å². The molecule has 0 saturated carbocycles. The van der Waals surface area contributed by atoms with Gasteiger partial charge in [-0.3, -0.25) is 4.68 Å². The zero-order valence-electron chi connectivity index (χ0n) is 13.4. The molecular weight excluding hydrogens is 302 g/mol. The van der Waals surface area contributed by atoms with Crippen LogP contribution in [-0.4, -0.2) is 41.4 Å². The molecule has 1 unspecified atom stereocenters. The Morgan fingerprint density at radius 2 is 2.18 bits per heavy atom. The number of aromatic nitrogens is 2. The van der Waals surface area contributed by atoms with Gasteiger partial charge in [-0.05, 0) is 26.2 Å². The monoisotopic (exact) mass is 327 g/mol. The number of rotatable bonds is 5. The maximum atomic E-state index is 12.3. The van der Waals surface area contributed by atoms with Gasteiger partial charge in [0, 0.05) is 30.8 Å². The summed E-state index contributed by atoms with van der Waals surface area (Å²) in [7, 11) is -3.18. The first-order valence-corrected chi connectivity index (χ1v) is 9.85. The maximum Gasteiger partial charge on any atom is 0.214 e. The fourth-order valence-corrected chi connectivity index (χ4v) is 4.84. The van der Waals surface area contributed by atoms with Gasteiger partial charge in [0.2, 0.25) is 10.0 Å². The van der Waals surface area contributed by atoms with Gasteiger partial charge in [0.25, 0.3) is 0 Å². The van der Waals surface area contributed by atoms with Crippen LogP contribution in [0.25, 0.3) is 0 Å². The normalized spacial score (nSPS) is 22.9. The number of nitrogens with zero attached hydrogens (tertiary/aromatic N) is 3. The van der Waals surface area contributed by atoms with Crippen LogP contribution in [0.2, 0.25) is 0 Å². The molecule has 0 aliphatic carbocycles. The highest BCUT2D eigenvalue weighted by atomic mass is 32.2. The zero-order chi connectivity index (χ0) is 15.7. The lowest BCUT2D eigenvalue weighted by molar-refractivity contribution is 0.107. The lowest BCUT2D eigenvalue weighted by atomic mass is 10.0. The van der Waals surface area contributed by atoms with E-state index in [2.05, 4.69) is 11.6 Å². The van der Waals surface area contributed by atoms with Crippen molar-refractivity contribution in [3.05, 3.63) is 17.0 Å². The van der Waals surface area contributed by atoms with Crippen molar-refractivity contribution in [2.45, 2.75) is 58.7 Å². The third-order valence-electron chi connectivity index (χ3n) is 4.60. The molecule has 0 amide bonds. The smallest absolute Gasteiger partial charge is 0.214 e. The summed E-state index contributed by atoms with van der Waals surface area (Å²) in [5, 5.41) is 4.79. The summed E-state index contributed by atoms with van der Waals surface area (Å²) in [5.74, 6) is 0.151. The standard InChI is InChI=1S/C15H25N3O3S/c1-3-8-17-13-7-10-21-11-12(13)15(16-17)14-6-5-9-18(14)22(19,20)4-2/h14H,3-11H2,1-2H3. The molecule has 0 aromatic carbocycles. The van der Waals surface area contributed by atoms with Crippen LogP contribution in [0.1, 0.15) is 56.1 Å². The molecule has 1 aromatic rings. The lowest BCUT2D eigenvalue weighted by Crippen LogP contribution is -2.32. The predicted octanol–water partition coefficient (Wildman–Crippen LogP) is 1.85. The second-order valence-corrected chi connectivity index (χ2v) is 8.22. The summed E-state index contributed by atoms with van der Waals surface area (Å²) in [5.41, 5.74) is 3.30. The maximum absolute atomic E-state index is 12.3. The van der Waals surface area contributed by atoms with Crippen molar-refractivity contribution in [3.63, 3.8) is 0 Å². The molecule has 3 heterocycles. The predicted molar refractivity (Wildman–Crippen MR) is 84.0 cm³/mol. The minimum Gasteiger partial charge on any atom is -0.376 e. The molecule has 2 aliphatic heterocycles. The third kappa shape index (κ3) is 2.70. The quantitative estimate of drug-likeness (QED) is 0.828. The van der Waals surface area contributed by atoms with Gasteiger partial charge in [-0.2, -0.15) is 9.40 Å². The van der Waals surface area contributed by atoms with Crippen LogP contribution in [0.4, 0.5) is 0 Å². The van der Waals surface area contributed by atoms with E-state index in [9.17, 15) is 8.42 Å². The Bertz CT molecular complexity index is 639. The van der Waals surface area contributed by atoms with E-state index in [1.807, 2.05) is 0 Å². The Kier molecular flexibility index (Phi) is 4.56. The number of hydrogen-bond donors (Lipinski definition) is 0. The van der Waals surface area contributed by atoms with Crippen molar-refractivity contribution in [2.24, 2.45) is 0 Å². The first kappa shape index (κ1) is 16.0. The number of fused-ring (bicyclic) bond motifs is 1. The molecule has 3 rings (SSSR count). The Morgan fingerprint density at radius 3 is 2.91 bits per heavy atom. The minimum absolute atomic E-state index is 0.112. The molecule has 0 radical (unpaired) electrons. The second kappa shape index (κ2) is 6.29. The first-order valence-electron chi connectivity index (χ1n) is 8.24. The lowest BCUT2D eigenvalue weighted by Gasteiger charge is -2.23. The molecule has 0 bridgehead atoms. The minimum atomic E-state index is -3.18. The van der Waals surface area contributed by atoms with E-state index in [4.69, 9.17) is 9.84 Å². The van der Waals surface area contributed by atoms with Gasteiger partial charge >= 0.3 is 0 Å². The second-order valence-electron chi connectivity index (χ2n) is 6.01. The highest BCUT2D eigenvalue weighted by molar-refractivity contribution is 7.89. The summed E-state index contributed by atoms with van der Waals surface area (Å²) >= 11 is 0. The highest BCUT2D eigenvalue weighted by Crippen LogP contribution is 2.37. The molecule has 1 aromatic heterocycles. The van der Waals surface area contributed by atoms with Crippen molar-refractivity contribution in [2.75, 3.05) is 18.9 Å². The van der Waals surface area contributed by atoms with Crippen molar-refractivity contribution < 1.29 is 13.2 Å². The van der Waals surface area contributed by atoms with Crippen LogP contribution < -0.4 is 0 Å². The van der Waals surface area contributed by atoms with E-state index >= 15 is 0 Å². The Hall–Kier alpha value is -0.920. The van der Waals surface area contributed by atoms with E-state index in [0.717, 1.165) is 50.1 Å². The van der Waals surface area contributed by atoms with Gasteiger partial charge in [-0.1, -0.05) is 6.92 Å². The van der Waals surface area contributed by atoms with E-state index in [-0.39, 0.29) is 11.8 Å². The summed E-state index contributed by atoms with van der Waals surface area (Å²) in [4.78, 5) is 0. The SMILES string of the molecule is CCCn1nc(C2CCCN2S(=O)(=O)CC)c2c1CCOC2. The van der Waals surface area contributed by atoms with Gasteiger partial charge in [-0.25, -0.2) is 8.42 Å². The fraction of sp³-hybridized carbons (Fsp3) is 0.800. The number of hydrogen-bond acceptors (Lipinski definition) is 4. The van der Waals surface area contributed by atoms with Crippen molar-refractivity contribution in [1.82, 2.24) is 14.1 Å². The van der Waals surface area contributed by atoms with Crippen LogP contribution in [0, 0.1) is 0 Å². The van der Waals surface area contributed by atoms with Crippen LogP contribution in [0.15, 0.2) is 0 Å². The third-order valence-corrected chi connectivity index (χ3v) is 6.49. The zero-order valence-corrected chi connectivity index (χ0v) is 14.2. The molecule has 124 valence electrons. The molecule has 1 fully saturated rings. The van der Waals surface area contributed by atoms with Gasteiger partial charge in [0.15, 0.2) is 0 Å². The van der Waals surface area contributed by atoms with Crippen molar-refractivity contribution >= 4 is 10.0 Å². The van der Waals surface area contributed by atoms with Crippen LogP contribution in [-0.2, 0) is 34.3 Å². The van der Waals surface area contributed by atoms with Crippen molar-refractivity contribution in [1.29, 1.82) is 0 Å². The Balaban J connectivity index is 2.00.